The lowest BCUT2D eigenvalue weighted by Gasteiger charge is -2.33. The third-order valence-electron chi connectivity index (χ3n) is 4.54. The van der Waals surface area contributed by atoms with Gasteiger partial charge in [0.1, 0.15) is 18.1 Å². The van der Waals surface area contributed by atoms with E-state index in [0.717, 1.165) is 18.6 Å². The highest BCUT2D eigenvalue weighted by molar-refractivity contribution is 6.01. The molecule has 0 aliphatic carbocycles. The average molecular weight is 382 g/mol. The number of rotatable bonds is 8. The van der Waals surface area contributed by atoms with Crippen LogP contribution in [0.4, 0.5) is 11.4 Å². The Morgan fingerprint density at radius 1 is 1.21 bits per heavy atom. The maximum atomic E-state index is 12.7. The van der Waals surface area contributed by atoms with Gasteiger partial charge in [-0.2, -0.15) is 0 Å². The van der Waals surface area contributed by atoms with Gasteiger partial charge in [0.15, 0.2) is 6.10 Å². The first kappa shape index (κ1) is 19.7. The third kappa shape index (κ3) is 4.82. The second kappa shape index (κ2) is 9.26. The second-order valence-electron chi connectivity index (χ2n) is 6.75. The quantitative estimate of drug-likeness (QED) is 0.749. The average Bonchev–Trinajstić information content (AvgIpc) is 2.70. The minimum absolute atomic E-state index is 0.0304. The van der Waals surface area contributed by atoms with Crippen molar-refractivity contribution in [3.8, 4) is 11.5 Å². The Labute approximate surface area is 165 Å². The molecule has 0 bridgehead atoms. The van der Waals surface area contributed by atoms with E-state index in [2.05, 4.69) is 5.32 Å². The van der Waals surface area contributed by atoms with Gasteiger partial charge in [-0.3, -0.25) is 9.59 Å². The van der Waals surface area contributed by atoms with Gasteiger partial charge >= 0.3 is 0 Å². The number of nitrogens with one attached hydrogen (secondary N) is 1. The highest BCUT2D eigenvalue weighted by Crippen LogP contribution is 2.36. The Balaban J connectivity index is 1.72. The van der Waals surface area contributed by atoms with Crippen LogP contribution in [0.25, 0.3) is 0 Å². The molecule has 148 valence electrons. The van der Waals surface area contributed by atoms with Crippen molar-refractivity contribution in [1.29, 1.82) is 0 Å². The molecule has 0 saturated heterocycles. The van der Waals surface area contributed by atoms with E-state index in [9.17, 15) is 9.59 Å². The Kier molecular flexibility index (Phi) is 6.53. The van der Waals surface area contributed by atoms with E-state index in [1.807, 2.05) is 37.3 Å². The number of hydrogen-bond donors (Lipinski definition) is 1. The molecule has 0 saturated carbocycles. The van der Waals surface area contributed by atoms with E-state index in [0.29, 0.717) is 36.7 Å². The smallest absolute Gasteiger partial charge is 0.267 e. The Morgan fingerprint density at radius 3 is 2.75 bits per heavy atom. The summed E-state index contributed by atoms with van der Waals surface area (Å²) in [4.78, 5) is 26.3. The lowest BCUT2D eigenvalue weighted by molar-refractivity contribution is -0.125. The van der Waals surface area contributed by atoms with E-state index >= 15 is 0 Å². The predicted octanol–water partition coefficient (Wildman–Crippen LogP) is 4.01. The largest absolute Gasteiger partial charge is 0.492 e. The number of benzene rings is 2. The zero-order valence-corrected chi connectivity index (χ0v) is 16.3. The molecular formula is C22H26N2O4. The van der Waals surface area contributed by atoms with Crippen molar-refractivity contribution < 1.29 is 19.1 Å². The molecule has 0 spiro atoms. The van der Waals surface area contributed by atoms with Crippen LogP contribution in [0.3, 0.4) is 0 Å². The summed E-state index contributed by atoms with van der Waals surface area (Å²) in [6, 6.07) is 14.9. The summed E-state index contributed by atoms with van der Waals surface area (Å²) in [5, 5.41) is 2.89. The van der Waals surface area contributed by atoms with E-state index in [4.69, 9.17) is 9.47 Å². The number of anilines is 2. The van der Waals surface area contributed by atoms with Crippen LogP contribution in [0.15, 0.2) is 48.5 Å². The summed E-state index contributed by atoms with van der Waals surface area (Å²) in [6.45, 7) is 4.53. The molecule has 1 unspecified atom stereocenters. The fraction of sp³-hybridized carbons (Fsp3) is 0.364. The molecule has 6 heteroatoms. The molecule has 1 atom stereocenters. The summed E-state index contributed by atoms with van der Waals surface area (Å²) < 4.78 is 11.5. The summed E-state index contributed by atoms with van der Waals surface area (Å²) in [6.07, 6.45) is 1.73. The normalized spacial score (nSPS) is 15.6. The molecule has 28 heavy (non-hydrogen) atoms. The maximum Gasteiger partial charge on any atom is 0.267 e. The molecule has 3 rings (SSSR count). The Hall–Kier alpha value is -3.02. The van der Waals surface area contributed by atoms with Gasteiger partial charge in [-0.25, -0.2) is 0 Å². The molecule has 2 aromatic carbocycles. The third-order valence-corrected chi connectivity index (χ3v) is 4.54. The number of carbonyl (C=O) groups is 2. The second-order valence-corrected chi connectivity index (χ2v) is 6.75. The van der Waals surface area contributed by atoms with Gasteiger partial charge in [0, 0.05) is 12.1 Å². The molecule has 2 aromatic rings. The molecule has 1 N–H and O–H groups in total. The number of ether oxygens (including phenoxy) is 2. The fourth-order valence-electron chi connectivity index (χ4n) is 3.05. The van der Waals surface area contributed by atoms with E-state index in [1.54, 1.807) is 30.0 Å². The van der Waals surface area contributed by atoms with Crippen molar-refractivity contribution >= 4 is 23.2 Å². The lowest BCUT2D eigenvalue weighted by Crippen LogP contribution is -2.46. The van der Waals surface area contributed by atoms with Crippen molar-refractivity contribution in [3.63, 3.8) is 0 Å². The number of fused-ring (bicyclic) bond motifs is 1. The van der Waals surface area contributed by atoms with Crippen molar-refractivity contribution in [1.82, 2.24) is 0 Å². The van der Waals surface area contributed by atoms with Gasteiger partial charge in [0.2, 0.25) is 5.91 Å². The van der Waals surface area contributed by atoms with Gasteiger partial charge in [0.25, 0.3) is 5.91 Å². The predicted molar refractivity (Wildman–Crippen MR) is 109 cm³/mol. The first-order valence-electron chi connectivity index (χ1n) is 9.68. The van der Waals surface area contributed by atoms with Gasteiger partial charge in [-0.1, -0.05) is 31.5 Å². The zero-order valence-electron chi connectivity index (χ0n) is 16.3. The number of nitrogens with zero attached hydrogens (tertiary/aromatic N) is 1. The van der Waals surface area contributed by atoms with Gasteiger partial charge < -0.3 is 19.7 Å². The first-order chi connectivity index (χ1) is 13.6. The molecule has 0 aromatic heterocycles. The van der Waals surface area contributed by atoms with Crippen LogP contribution in [0.5, 0.6) is 11.5 Å². The molecular weight excluding hydrogens is 356 g/mol. The zero-order chi connectivity index (χ0) is 19.9. The molecule has 6 nitrogen and oxygen atoms in total. The summed E-state index contributed by atoms with van der Waals surface area (Å²) in [5.74, 6) is 1.22. The van der Waals surface area contributed by atoms with E-state index in [-0.39, 0.29) is 11.8 Å². The van der Waals surface area contributed by atoms with Crippen molar-refractivity contribution in [2.75, 3.05) is 23.4 Å². The Morgan fingerprint density at radius 2 is 2.00 bits per heavy atom. The summed E-state index contributed by atoms with van der Waals surface area (Å²) in [7, 11) is 0. The van der Waals surface area contributed by atoms with Crippen molar-refractivity contribution in [2.24, 2.45) is 0 Å². The van der Waals surface area contributed by atoms with Gasteiger partial charge in [-0.05, 0) is 43.7 Å². The summed E-state index contributed by atoms with van der Waals surface area (Å²) in [5.41, 5.74) is 1.30. The molecule has 2 amide bonds. The van der Waals surface area contributed by atoms with Gasteiger partial charge in [-0.15, -0.1) is 0 Å². The van der Waals surface area contributed by atoms with Crippen LogP contribution in [-0.4, -0.2) is 31.1 Å². The van der Waals surface area contributed by atoms with Crippen LogP contribution in [0, 0.1) is 0 Å². The minimum Gasteiger partial charge on any atom is -0.492 e. The van der Waals surface area contributed by atoms with Crippen LogP contribution in [0.1, 0.15) is 33.1 Å². The number of para-hydroxylation sites is 1. The Bertz CT molecular complexity index is 823. The highest BCUT2D eigenvalue weighted by atomic mass is 16.5. The fourth-order valence-corrected chi connectivity index (χ4v) is 3.05. The van der Waals surface area contributed by atoms with Crippen LogP contribution in [-0.2, 0) is 9.59 Å². The van der Waals surface area contributed by atoms with Crippen molar-refractivity contribution in [3.05, 3.63) is 48.5 Å². The molecule has 0 radical (unpaired) electrons. The molecule has 0 fully saturated rings. The minimum atomic E-state index is -0.561. The number of hydrogen-bond acceptors (Lipinski definition) is 4. The van der Waals surface area contributed by atoms with Gasteiger partial charge in [0.05, 0.1) is 12.2 Å². The monoisotopic (exact) mass is 382 g/mol. The topological polar surface area (TPSA) is 67.9 Å². The number of unbranched alkanes of at least 4 members (excludes halogenated alkanes) is 1. The molecule has 1 aliphatic heterocycles. The number of carbonyl (C=O) groups excluding carboxylic acids is 2. The lowest BCUT2D eigenvalue weighted by atomic mass is 10.1. The van der Waals surface area contributed by atoms with Crippen molar-refractivity contribution in [2.45, 2.75) is 39.2 Å². The molecule has 1 aliphatic rings. The summed E-state index contributed by atoms with van der Waals surface area (Å²) >= 11 is 0. The first-order valence-corrected chi connectivity index (χ1v) is 9.68. The van der Waals surface area contributed by atoms with Crippen LogP contribution in [0.2, 0.25) is 0 Å². The standard InChI is InChI=1S/C22H26N2O4/c1-3-4-10-21(25)23-17-11-12-20-19(15-17)24(22(26)16(2)28-20)13-14-27-18-8-6-5-7-9-18/h5-9,11-12,15-16H,3-4,10,13-14H2,1-2H3,(H,23,25). The van der Waals surface area contributed by atoms with E-state index in [1.165, 1.54) is 0 Å². The number of amides is 2. The van der Waals surface area contributed by atoms with Crippen LogP contribution < -0.4 is 19.7 Å². The molecule has 1 heterocycles. The van der Waals surface area contributed by atoms with Crippen LogP contribution >= 0.6 is 0 Å². The highest BCUT2D eigenvalue weighted by Gasteiger charge is 2.31. The van der Waals surface area contributed by atoms with E-state index < -0.39 is 6.10 Å². The maximum absolute atomic E-state index is 12.7. The SMILES string of the molecule is CCCCC(=O)Nc1ccc2c(c1)N(CCOc1ccccc1)C(=O)C(C)O2.